The van der Waals surface area contributed by atoms with Crippen LogP contribution in [-0.2, 0) is 21.2 Å². The number of nitrogens with one attached hydrogen (secondary N) is 3. The average molecular weight is 449 g/mol. The summed E-state index contributed by atoms with van der Waals surface area (Å²) in [6.45, 7) is -1.91. The third-order valence-corrected chi connectivity index (χ3v) is 5.98. The molecule has 0 saturated carbocycles. The van der Waals surface area contributed by atoms with E-state index >= 15 is 0 Å². The zero-order valence-electron chi connectivity index (χ0n) is 15.0. The van der Waals surface area contributed by atoms with Crippen LogP contribution >= 0.6 is 11.3 Å². The minimum absolute atomic E-state index is 0.0388. The molecule has 29 heavy (non-hydrogen) atoms. The summed E-state index contributed by atoms with van der Waals surface area (Å²) in [6.07, 6.45) is -3.99. The van der Waals surface area contributed by atoms with Gasteiger partial charge in [-0.2, -0.15) is 13.2 Å². The Balaban J connectivity index is 1.84. The first-order chi connectivity index (χ1) is 13.6. The summed E-state index contributed by atoms with van der Waals surface area (Å²) in [6, 6.07) is 8.72. The first kappa shape index (κ1) is 22.8. The predicted molar refractivity (Wildman–Crippen MR) is 101 cm³/mol. The van der Waals surface area contributed by atoms with E-state index in [1.807, 2.05) is 17.5 Å². The number of rotatable bonds is 9. The number of benzene rings is 1. The van der Waals surface area contributed by atoms with Crippen LogP contribution < -0.4 is 15.4 Å². The maximum Gasteiger partial charge on any atom is 0.405 e. The van der Waals surface area contributed by atoms with Gasteiger partial charge in [0.05, 0.1) is 11.4 Å². The quantitative estimate of drug-likeness (QED) is 0.542. The molecule has 0 aliphatic rings. The summed E-state index contributed by atoms with van der Waals surface area (Å²) in [5, 5.41) is 5.68. The van der Waals surface area contributed by atoms with Crippen LogP contribution in [0.5, 0.6) is 0 Å². The van der Waals surface area contributed by atoms with Crippen LogP contribution in [0.2, 0.25) is 0 Å². The molecule has 2 aromatic rings. The van der Waals surface area contributed by atoms with E-state index in [4.69, 9.17) is 0 Å². The van der Waals surface area contributed by atoms with Gasteiger partial charge < -0.3 is 10.6 Å². The van der Waals surface area contributed by atoms with Crippen molar-refractivity contribution in [1.29, 1.82) is 0 Å². The number of sulfonamides is 1. The molecule has 0 saturated heterocycles. The second kappa shape index (κ2) is 9.85. The molecule has 0 atom stereocenters. The Morgan fingerprint density at radius 2 is 1.72 bits per heavy atom. The maximum absolute atomic E-state index is 12.3. The van der Waals surface area contributed by atoms with E-state index in [1.165, 1.54) is 35.6 Å². The van der Waals surface area contributed by atoms with Gasteiger partial charge in [-0.25, -0.2) is 13.1 Å². The molecule has 1 heterocycles. The molecule has 7 nitrogen and oxygen atoms in total. The maximum atomic E-state index is 12.3. The van der Waals surface area contributed by atoms with Gasteiger partial charge in [0.2, 0.25) is 15.9 Å². The Labute approximate surface area is 169 Å². The summed E-state index contributed by atoms with van der Waals surface area (Å²) >= 11 is 1.52. The van der Waals surface area contributed by atoms with E-state index in [0.717, 1.165) is 4.88 Å². The average Bonchev–Trinajstić information content (AvgIpc) is 3.17. The number of carbonyl (C=O) groups is 2. The Hall–Kier alpha value is -2.44. The van der Waals surface area contributed by atoms with Gasteiger partial charge >= 0.3 is 6.18 Å². The molecule has 2 rings (SSSR count). The number of hydrogen-bond acceptors (Lipinski definition) is 5. The van der Waals surface area contributed by atoms with Crippen molar-refractivity contribution in [3.63, 3.8) is 0 Å². The van der Waals surface area contributed by atoms with Crippen LogP contribution in [0.15, 0.2) is 46.7 Å². The van der Waals surface area contributed by atoms with Crippen LogP contribution in [-0.4, -0.2) is 46.0 Å². The molecule has 0 aliphatic carbocycles. The molecular formula is C17H18F3N3O4S2. The molecule has 1 aromatic heterocycles. The van der Waals surface area contributed by atoms with Gasteiger partial charge in [-0.1, -0.05) is 6.07 Å². The number of carbonyl (C=O) groups excluding carboxylic acids is 2. The van der Waals surface area contributed by atoms with Crippen molar-refractivity contribution in [2.75, 3.05) is 19.6 Å². The third-order valence-electron chi connectivity index (χ3n) is 3.57. The highest BCUT2D eigenvalue weighted by molar-refractivity contribution is 7.89. The number of thiophene rings is 1. The van der Waals surface area contributed by atoms with E-state index in [1.54, 1.807) is 5.32 Å². The molecule has 0 fully saturated rings. The zero-order valence-corrected chi connectivity index (χ0v) is 16.6. The van der Waals surface area contributed by atoms with Crippen LogP contribution in [0.3, 0.4) is 0 Å². The van der Waals surface area contributed by atoms with Gasteiger partial charge in [-0.3, -0.25) is 9.59 Å². The Bertz CT molecular complexity index is 928. The van der Waals surface area contributed by atoms with Crippen molar-refractivity contribution >= 4 is 33.2 Å². The standard InChI is InChI=1S/C17H18F3N3O4S2/c18-17(19,20)11-22-15(24)10-21-16(25)12-3-5-14(6-4-12)29(26,27)23-8-7-13-2-1-9-28-13/h1-6,9,23H,7-8,10-11H2,(H,21,25)(H,22,24). The van der Waals surface area contributed by atoms with Crippen molar-refractivity contribution in [2.24, 2.45) is 0 Å². The molecule has 3 N–H and O–H groups in total. The van der Waals surface area contributed by atoms with Gasteiger partial charge in [-0.15, -0.1) is 11.3 Å². The van der Waals surface area contributed by atoms with E-state index < -0.39 is 41.1 Å². The molecule has 158 valence electrons. The lowest BCUT2D eigenvalue weighted by Gasteiger charge is -2.10. The fraction of sp³-hybridized carbons (Fsp3) is 0.294. The van der Waals surface area contributed by atoms with Gasteiger partial charge in [0.1, 0.15) is 6.54 Å². The lowest BCUT2D eigenvalue weighted by atomic mass is 10.2. The lowest BCUT2D eigenvalue weighted by molar-refractivity contribution is -0.137. The van der Waals surface area contributed by atoms with Crippen molar-refractivity contribution in [3.05, 3.63) is 52.2 Å². The monoisotopic (exact) mass is 449 g/mol. The highest BCUT2D eigenvalue weighted by atomic mass is 32.2. The van der Waals surface area contributed by atoms with E-state index in [-0.39, 0.29) is 17.0 Å². The molecule has 0 aliphatic heterocycles. The zero-order chi connectivity index (χ0) is 21.5. The second-order valence-electron chi connectivity index (χ2n) is 5.83. The summed E-state index contributed by atoms with van der Waals surface area (Å²) in [7, 11) is -3.75. The first-order valence-electron chi connectivity index (χ1n) is 8.30. The minimum Gasteiger partial charge on any atom is -0.345 e. The smallest absolute Gasteiger partial charge is 0.345 e. The van der Waals surface area contributed by atoms with Crippen LogP contribution in [0.1, 0.15) is 15.2 Å². The Kier molecular flexibility index (Phi) is 7.76. The Morgan fingerprint density at radius 1 is 1.03 bits per heavy atom. The second-order valence-corrected chi connectivity index (χ2v) is 8.63. The van der Waals surface area contributed by atoms with Crippen molar-refractivity contribution < 1.29 is 31.2 Å². The normalized spacial score (nSPS) is 11.8. The molecule has 1 aromatic carbocycles. The number of amides is 2. The molecular weight excluding hydrogens is 431 g/mol. The summed E-state index contributed by atoms with van der Waals surface area (Å²) < 4.78 is 63.0. The first-order valence-corrected chi connectivity index (χ1v) is 10.7. The molecule has 0 bridgehead atoms. The molecule has 0 radical (unpaired) electrons. The lowest BCUT2D eigenvalue weighted by Crippen LogP contribution is -2.40. The molecule has 0 spiro atoms. The van der Waals surface area contributed by atoms with Gasteiger partial charge in [-0.05, 0) is 42.1 Å². The fourth-order valence-electron chi connectivity index (χ4n) is 2.16. The van der Waals surface area contributed by atoms with E-state index in [2.05, 4.69) is 10.0 Å². The highest BCUT2D eigenvalue weighted by Crippen LogP contribution is 2.13. The van der Waals surface area contributed by atoms with Crippen LogP contribution in [0.25, 0.3) is 0 Å². The van der Waals surface area contributed by atoms with E-state index in [9.17, 15) is 31.2 Å². The van der Waals surface area contributed by atoms with Crippen molar-refractivity contribution in [1.82, 2.24) is 15.4 Å². The molecule has 12 heteroatoms. The summed E-state index contributed by atoms with van der Waals surface area (Å²) in [5.41, 5.74) is 0.0613. The SMILES string of the molecule is O=C(CNC(=O)c1ccc(S(=O)(=O)NCCc2cccs2)cc1)NCC(F)(F)F. The van der Waals surface area contributed by atoms with Crippen molar-refractivity contribution in [2.45, 2.75) is 17.5 Å². The topological polar surface area (TPSA) is 104 Å². The summed E-state index contributed by atoms with van der Waals surface area (Å²) in [4.78, 5) is 24.2. The predicted octanol–water partition coefficient (Wildman–Crippen LogP) is 1.68. The minimum atomic E-state index is -4.54. The van der Waals surface area contributed by atoms with Gasteiger partial charge in [0.15, 0.2) is 0 Å². The molecule has 2 amide bonds. The largest absolute Gasteiger partial charge is 0.405 e. The Morgan fingerprint density at radius 3 is 2.31 bits per heavy atom. The number of hydrogen-bond donors (Lipinski definition) is 3. The fourth-order valence-corrected chi connectivity index (χ4v) is 3.90. The summed E-state index contributed by atoms with van der Waals surface area (Å²) in [5.74, 6) is -1.72. The number of halogens is 3. The van der Waals surface area contributed by atoms with Gasteiger partial charge in [0.25, 0.3) is 5.91 Å². The van der Waals surface area contributed by atoms with Gasteiger partial charge in [0, 0.05) is 17.0 Å². The number of alkyl halides is 3. The van der Waals surface area contributed by atoms with Crippen molar-refractivity contribution in [3.8, 4) is 0 Å². The van der Waals surface area contributed by atoms with E-state index in [0.29, 0.717) is 6.42 Å². The van der Waals surface area contributed by atoms with Crippen LogP contribution in [0, 0.1) is 0 Å². The molecule has 0 unspecified atom stereocenters. The highest BCUT2D eigenvalue weighted by Gasteiger charge is 2.27. The third kappa shape index (κ3) is 7.83. The van der Waals surface area contributed by atoms with Crippen LogP contribution in [0.4, 0.5) is 13.2 Å².